The summed E-state index contributed by atoms with van der Waals surface area (Å²) in [5.74, 6) is 0.0755. The lowest BCUT2D eigenvalue weighted by Crippen LogP contribution is -2.20. The zero-order valence-electron chi connectivity index (χ0n) is 28.0. The molecule has 1 aromatic heterocycles. The lowest BCUT2D eigenvalue weighted by molar-refractivity contribution is -0.143. The highest BCUT2D eigenvalue weighted by Crippen LogP contribution is 2.26. The minimum atomic E-state index is -0.176. The molecule has 0 aliphatic heterocycles. The number of nitrogens with zero attached hydrogens (tertiary/aromatic N) is 1. The third-order valence-corrected chi connectivity index (χ3v) is 8.60. The zero-order chi connectivity index (χ0) is 32.6. The number of carbonyl (C=O) groups is 2. The molecule has 0 bridgehead atoms. The molecule has 0 unspecified atom stereocenters. The maximum Gasteiger partial charge on any atom is 0.305 e. The summed E-state index contributed by atoms with van der Waals surface area (Å²) >= 11 is 0. The summed E-state index contributed by atoms with van der Waals surface area (Å²) in [5.41, 5.74) is 6.27. The van der Waals surface area contributed by atoms with E-state index < -0.39 is 0 Å². The average Bonchev–Trinajstić information content (AvgIpc) is 3.50. The van der Waals surface area contributed by atoms with Crippen molar-refractivity contribution in [3.63, 3.8) is 0 Å². The van der Waals surface area contributed by atoms with Crippen LogP contribution in [-0.2, 0) is 28.9 Å². The Balaban J connectivity index is 1.40. The van der Waals surface area contributed by atoms with Crippen molar-refractivity contribution in [1.82, 2.24) is 4.57 Å². The van der Waals surface area contributed by atoms with Gasteiger partial charge in [-0.05, 0) is 86.6 Å². The highest BCUT2D eigenvalue weighted by Gasteiger charge is 2.19. The summed E-state index contributed by atoms with van der Waals surface area (Å²) < 4.78 is 7.11. The Morgan fingerprint density at radius 2 is 1.39 bits per heavy atom. The van der Waals surface area contributed by atoms with Crippen LogP contribution < -0.4 is 5.32 Å². The fourth-order valence-corrected chi connectivity index (χ4v) is 6.10. The largest absolute Gasteiger partial charge is 0.466 e. The quantitative estimate of drug-likeness (QED) is 0.0607. The number of hydrogen-bond acceptors (Lipinski definition) is 4. The smallest absolute Gasteiger partial charge is 0.305 e. The number of ketones is 1. The number of hydrogen-bond donors (Lipinski definition) is 1. The summed E-state index contributed by atoms with van der Waals surface area (Å²) in [5, 5.41) is 3.81. The first-order chi connectivity index (χ1) is 22.4. The minimum absolute atomic E-state index is 0.0405. The molecule has 5 nitrogen and oxygen atoms in total. The van der Waals surface area contributed by atoms with E-state index in [2.05, 4.69) is 92.1 Å². The van der Waals surface area contributed by atoms with Crippen LogP contribution in [0.15, 0.2) is 97.3 Å². The average molecular weight is 621 g/mol. The van der Waals surface area contributed by atoms with Gasteiger partial charge >= 0.3 is 5.97 Å². The lowest BCUT2D eigenvalue weighted by Gasteiger charge is -2.21. The van der Waals surface area contributed by atoms with Crippen molar-refractivity contribution < 1.29 is 14.3 Å². The number of carbonyl (C=O) groups excluding carboxylic acids is 2. The van der Waals surface area contributed by atoms with Crippen LogP contribution in [0.3, 0.4) is 0 Å². The lowest BCUT2D eigenvalue weighted by atomic mass is 9.96. The number of unbranched alkanes of at least 4 members (excludes halogenated alkanes) is 2. The van der Waals surface area contributed by atoms with Crippen molar-refractivity contribution in [3.05, 3.63) is 125 Å². The summed E-state index contributed by atoms with van der Waals surface area (Å²) in [6, 6.07) is 29.8. The molecule has 4 aromatic rings. The van der Waals surface area contributed by atoms with E-state index in [9.17, 15) is 9.59 Å². The fraction of sp³-hybridized carbons (Fsp3) is 0.415. The highest BCUT2D eigenvalue weighted by atomic mass is 16.5. The van der Waals surface area contributed by atoms with E-state index in [1.807, 2.05) is 35.9 Å². The number of esters is 1. The Morgan fingerprint density at radius 3 is 1.98 bits per heavy atom. The van der Waals surface area contributed by atoms with Crippen LogP contribution >= 0.6 is 0 Å². The van der Waals surface area contributed by atoms with Gasteiger partial charge in [0.25, 0.3) is 0 Å². The van der Waals surface area contributed by atoms with Gasteiger partial charge in [-0.25, -0.2) is 0 Å². The first-order valence-electron chi connectivity index (χ1n) is 17.3. The second-order valence-corrected chi connectivity index (χ2v) is 12.6. The van der Waals surface area contributed by atoms with Crippen LogP contribution in [0.5, 0.6) is 0 Å². The predicted molar refractivity (Wildman–Crippen MR) is 190 cm³/mol. The van der Waals surface area contributed by atoms with E-state index in [1.165, 1.54) is 24.0 Å². The van der Waals surface area contributed by atoms with E-state index in [0.29, 0.717) is 37.6 Å². The van der Waals surface area contributed by atoms with Crippen LogP contribution in [0, 0.1) is 0 Å². The summed E-state index contributed by atoms with van der Waals surface area (Å²) in [7, 11) is 0. The van der Waals surface area contributed by atoms with Gasteiger partial charge in [0.05, 0.1) is 6.61 Å². The van der Waals surface area contributed by atoms with Crippen LogP contribution in [-0.4, -0.2) is 29.0 Å². The zero-order valence-corrected chi connectivity index (χ0v) is 28.0. The molecule has 0 spiro atoms. The van der Waals surface area contributed by atoms with E-state index in [0.717, 1.165) is 55.3 Å². The molecular weight excluding hydrogens is 568 g/mol. The normalized spacial score (nSPS) is 11.2. The van der Waals surface area contributed by atoms with Gasteiger partial charge in [-0.15, -0.1) is 0 Å². The summed E-state index contributed by atoms with van der Waals surface area (Å²) in [4.78, 5) is 25.7. The maximum absolute atomic E-state index is 13.9. The van der Waals surface area contributed by atoms with Gasteiger partial charge < -0.3 is 14.6 Å². The number of rotatable bonds is 20. The van der Waals surface area contributed by atoms with Crippen molar-refractivity contribution >= 4 is 17.4 Å². The molecular formula is C41H52N2O3. The third-order valence-electron chi connectivity index (χ3n) is 8.60. The standard InChI is InChI=1S/C41H52N2O3/c1-4-46-40(44)27-16-28-43-30-38(32(2)3)39(31-43)41(45)35-23-15-26-37(29-35)42-36(24-13-11-21-33-17-7-5-8-18-33)25-14-12-22-34-19-9-6-10-20-34/h5-10,15,17-20,23,26,29-32,36,42H,4,11-14,16,21-22,24-25,27-28H2,1-3H3. The molecule has 5 heteroatoms. The van der Waals surface area contributed by atoms with Gasteiger partial charge in [-0.1, -0.05) is 99.5 Å². The van der Waals surface area contributed by atoms with Gasteiger partial charge in [0.15, 0.2) is 5.78 Å². The first kappa shape index (κ1) is 34.7. The Hall–Kier alpha value is -4.12. The molecule has 0 saturated heterocycles. The van der Waals surface area contributed by atoms with Gasteiger partial charge in [-0.3, -0.25) is 9.59 Å². The first-order valence-corrected chi connectivity index (χ1v) is 17.3. The summed E-state index contributed by atoms with van der Waals surface area (Å²) in [6.07, 6.45) is 14.1. The molecule has 0 radical (unpaired) electrons. The van der Waals surface area contributed by atoms with E-state index in [4.69, 9.17) is 4.74 Å². The van der Waals surface area contributed by atoms with Crippen molar-refractivity contribution in [1.29, 1.82) is 0 Å². The van der Waals surface area contributed by atoms with Gasteiger partial charge in [0, 0.05) is 48.2 Å². The van der Waals surface area contributed by atoms with Crippen molar-refractivity contribution in [2.45, 2.75) is 103 Å². The van der Waals surface area contributed by atoms with Crippen molar-refractivity contribution in [2.75, 3.05) is 11.9 Å². The Bertz CT molecular complexity index is 1430. The van der Waals surface area contributed by atoms with Gasteiger partial charge in [-0.2, -0.15) is 0 Å². The molecule has 1 N–H and O–H groups in total. The molecule has 0 aliphatic carbocycles. The third kappa shape index (κ3) is 11.3. The van der Waals surface area contributed by atoms with E-state index in [1.54, 1.807) is 0 Å². The SMILES string of the molecule is CCOC(=O)CCCn1cc(C(=O)c2cccc(NC(CCCCc3ccccc3)CCCCc3ccccc3)c2)c(C(C)C)c1. The monoisotopic (exact) mass is 620 g/mol. The molecule has 0 saturated carbocycles. The van der Waals surface area contributed by atoms with Crippen LogP contribution in [0.1, 0.15) is 111 Å². The number of aryl methyl sites for hydroxylation is 3. The second-order valence-electron chi connectivity index (χ2n) is 12.6. The Kier molecular flexibility index (Phi) is 14.2. The molecule has 0 aliphatic rings. The van der Waals surface area contributed by atoms with Crippen molar-refractivity contribution in [3.8, 4) is 0 Å². The summed E-state index contributed by atoms with van der Waals surface area (Å²) in [6.45, 7) is 7.13. The number of benzene rings is 3. The van der Waals surface area contributed by atoms with Gasteiger partial charge in [0.2, 0.25) is 0 Å². The van der Waals surface area contributed by atoms with Crippen LogP contribution in [0.4, 0.5) is 5.69 Å². The van der Waals surface area contributed by atoms with Crippen LogP contribution in [0.25, 0.3) is 0 Å². The number of aromatic nitrogens is 1. The Labute approximate surface area is 276 Å². The van der Waals surface area contributed by atoms with E-state index in [-0.39, 0.29) is 17.7 Å². The number of anilines is 1. The van der Waals surface area contributed by atoms with Crippen molar-refractivity contribution in [2.24, 2.45) is 0 Å². The molecule has 3 aromatic carbocycles. The maximum atomic E-state index is 13.9. The molecule has 1 heterocycles. The molecule has 0 atom stereocenters. The van der Waals surface area contributed by atoms with Gasteiger partial charge in [0.1, 0.15) is 0 Å². The van der Waals surface area contributed by atoms with Crippen LogP contribution in [0.2, 0.25) is 0 Å². The fourth-order valence-electron chi connectivity index (χ4n) is 6.10. The topological polar surface area (TPSA) is 60.3 Å². The second kappa shape index (κ2) is 18.8. The number of ether oxygens (including phenoxy) is 1. The molecule has 46 heavy (non-hydrogen) atoms. The Morgan fingerprint density at radius 1 is 0.761 bits per heavy atom. The molecule has 4 rings (SSSR count). The highest BCUT2D eigenvalue weighted by molar-refractivity contribution is 6.10. The van der Waals surface area contributed by atoms with E-state index >= 15 is 0 Å². The number of nitrogens with one attached hydrogen (secondary N) is 1. The molecule has 0 fully saturated rings. The predicted octanol–water partition coefficient (Wildman–Crippen LogP) is 9.79. The minimum Gasteiger partial charge on any atom is -0.466 e. The molecule has 244 valence electrons. The molecule has 0 amide bonds.